The number of nitrogens with one attached hydrogen (secondary N) is 1. The largest absolute Gasteiger partial charge is 0.353 e. The Labute approximate surface area is 123 Å². The van der Waals surface area contributed by atoms with E-state index in [1.807, 2.05) is 6.92 Å². The van der Waals surface area contributed by atoms with Gasteiger partial charge in [-0.05, 0) is 33.2 Å². The third kappa shape index (κ3) is 6.78. The number of halogens is 2. The second-order valence-electron chi connectivity index (χ2n) is 5.14. The quantitative estimate of drug-likeness (QED) is 0.750. The Morgan fingerprint density at radius 3 is 2.44 bits per heavy atom. The molecule has 0 aromatic rings. The molecule has 6 heteroatoms. The minimum atomic E-state index is -0.715. The number of nitrogens with zero attached hydrogens (tertiary/aromatic N) is 1. The summed E-state index contributed by atoms with van der Waals surface area (Å²) in [6, 6.07) is 0.747. The van der Waals surface area contributed by atoms with Crippen LogP contribution in [0.15, 0.2) is 0 Å². The molecule has 0 spiro atoms. The smallest absolute Gasteiger partial charge is 0.239 e. The summed E-state index contributed by atoms with van der Waals surface area (Å²) in [4.78, 5) is 14.1. The average Bonchev–Trinajstić information content (AvgIpc) is 3.00. The third-order valence-electron chi connectivity index (χ3n) is 3.21. The number of carbonyl (C=O) groups excluding carboxylic acids is 1. The molecule has 0 radical (unpaired) electrons. The molecule has 0 aromatic carbocycles. The maximum Gasteiger partial charge on any atom is 0.239 e. The van der Waals surface area contributed by atoms with Crippen molar-refractivity contribution in [3.8, 4) is 0 Å². The summed E-state index contributed by atoms with van der Waals surface area (Å²) in [7, 11) is 2.11. The van der Waals surface area contributed by atoms with Crippen molar-refractivity contribution in [2.45, 2.75) is 51.1 Å². The number of likely N-dealkylation sites (N-methyl/N-ethyl adjacent to an activating group) is 1. The van der Waals surface area contributed by atoms with Crippen LogP contribution >= 0.6 is 24.8 Å². The van der Waals surface area contributed by atoms with Gasteiger partial charge in [0.2, 0.25) is 5.91 Å². The topological polar surface area (TPSA) is 58.4 Å². The molecule has 0 aromatic heterocycles. The maximum atomic E-state index is 11.8. The minimum absolute atomic E-state index is 0. The summed E-state index contributed by atoms with van der Waals surface area (Å²) in [5.74, 6) is -0.0291. The molecule has 1 fully saturated rings. The lowest BCUT2D eigenvalue weighted by molar-refractivity contribution is -0.126. The number of nitrogens with two attached hydrogens (primary N) is 1. The molecule has 1 rings (SSSR count). The predicted octanol–water partition coefficient (Wildman–Crippen LogP) is 1.56. The van der Waals surface area contributed by atoms with Crippen LogP contribution in [0.5, 0.6) is 0 Å². The highest BCUT2D eigenvalue weighted by Crippen LogP contribution is 2.24. The molecule has 1 unspecified atom stereocenters. The van der Waals surface area contributed by atoms with Gasteiger partial charge >= 0.3 is 0 Å². The van der Waals surface area contributed by atoms with E-state index in [1.54, 1.807) is 6.92 Å². The van der Waals surface area contributed by atoms with Crippen molar-refractivity contribution in [2.75, 3.05) is 20.1 Å². The maximum absolute atomic E-state index is 11.8. The summed E-state index contributed by atoms with van der Waals surface area (Å²) in [5.41, 5.74) is 5.22. The third-order valence-corrected chi connectivity index (χ3v) is 3.21. The Bertz CT molecular complexity index is 245. The lowest BCUT2D eigenvalue weighted by Crippen LogP contribution is -2.52. The highest BCUT2D eigenvalue weighted by atomic mass is 35.5. The van der Waals surface area contributed by atoms with Crippen LogP contribution in [-0.2, 0) is 4.79 Å². The van der Waals surface area contributed by atoms with Gasteiger partial charge in [0.25, 0.3) is 0 Å². The SMILES string of the molecule is CCCC(C)(N)C(=O)NCCN(C)C1CC1.Cl.Cl. The normalized spacial score (nSPS) is 17.4. The van der Waals surface area contributed by atoms with E-state index in [2.05, 4.69) is 17.3 Å². The monoisotopic (exact) mass is 299 g/mol. The van der Waals surface area contributed by atoms with Gasteiger partial charge in [-0.1, -0.05) is 13.3 Å². The van der Waals surface area contributed by atoms with E-state index in [4.69, 9.17) is 5.73 Å². The van der Waals surface area contributed by atoms with Crippen molar-refractivity contribution in [1.29, 1.82) is 0 Å². The molecular formula is C12H27Cl2N3O. The first-order valence-electron chi connectivity index (χ1n) is 6.25. The van der Waals surface area contributed by atoms with Crippen molar-refractivity contribution in [3.63, 3.8) is 0 Å². The number of rotatable bonds is 7. The van der Waals surface area contributed by atoms with Crippen LogP contribution in [0.4, 0.5) is 0 Å². The van der Waals surface area contributed by atoms with E-state index in [0.29, 0.717) is 6.54 Å². The molecule has 0 aliphatic heterocycles. The van der Waals surface area contributed by atoms with Gasteiger partial charge in [0, 0.05) is 19.1 Å². The van der Waals surface area contributed by atoms with Gasteiger partial charge in [0.15, 0.2) is 0 Å². The van der Waals surface area contributed by atoms with Crippen molar-refractivity contribution >= 4 is 30.7 Å². The fourth-order valence-corrected chi connectivity index (χ4v) is 1.88. The summed E-state index contributed by atoms with van der Waals surface area (Å²) >= 11 is 0. The molecule has 1 saturated carbocycles. The first kappa shape index (κ1) is 20.3. The number of hydrogen-bond acceptors (Lipinski definition) is 3. The second-order valence-corrected chi connectivity index (χ2v) is 5.14. The molecule has 0 bridgehead atoms. The zero-order valence-electron chi connectivity index (χ0n) is 11.6. The molecule has 1 amide bonds. The van der Waals surface area contributed by atoms with E-state index in [0.717, 1.165) is 25.4 Å². The number of hydrogen-bond donors (Lipinski definition) is 2. The molecule has 1 aliphatic carbocycles. The summed E-state index contributed by atoms with van der Waals surface area (Å²) in [5, 5.41) is 2.92. The van der Waals surface area contributed by atoms with Gasteiger partial charge in [0.1, 0.15) is 0 Å². The molecule has 0 heterocycles. The molecule has 3 N–H and O–H groups in total. The van der Waals surface area contributed by atoms with E-state index in [1.165, 1.54) is 12.8 Å². The molecular weight excluding hydrogens is 273 g/mol. The second kappa shape index (κ2) is 8.97. The lowest BCUT2D eigenvalue weighted by Gasteiger charge is -2.24. The summed E-state index contributed by atoms with van der Waals surface area (Å²) in [6.07, 6.45) is 4.27. The van der Waals surface area contributed by atoms with Gasteiger partial charge in [-0.2, -0.15) is 0 Å². The summed E-state index contributed by atoms with van der Waals surface area (Å²) < 4.78 is 0. The van der Waals surface area contributed by atoms with E-state index < -0.39 is 5.54 Å². The van der Waals surface area contributed by atoms with Crippen molar-refractivity contribution in [1.82, 2.24) is 10.2 Å². The van der Waals surface area contributed by atoms with Crippen molar-refractivity contribution in [3.05, 3.63) is 0 Å². The fraction of sp³-hybridized carbons (Fsp3) is 0.917. The highest BCUT2D eigenvalue weighted by molar-refractivity contribution is 5.86. The molecule has 18 heavy (non-hydrogen) atoms. The first-order chi connectivity index (χ1) is 7.47. The first-order valence-corrected chi connectivity index (χ1v) is 6.25. The van der Waals surface area contributed by atoms with Crippen LogP contribution in [0.25, 0.3) is 0 Å². The van der Waals surface area contributed by atoms with Crippen LogP contribution in [0.2, 0.25) is 0 Å². The van der Waals surface area contributed by atoms with Crippen LogP contribution in [0.1, 0.15) is 39.5 Å². The zero-order chi connectivity index (χ0) is 12.2. The average molecular weight is 300 g/mol. The Hall–Kier alpha value is -0.0300. The van der Waals surface area contributed by atoms with Gasteiger partial charge in [0.05, 0.1) is 5.54 Å². The summed E-state index contributed by atoms with van der Waals surface area (Å²) in [6.45, 7) is 5.46. The number of amides is 1. The zero-order valence-corrected chi connectivity index (χ0v) is 13.2. The van der Waals surface area contributed by atoms with Crippen molar-refractivity contribution < 1.29 is 4.79 Å². The Balaban J connectivity index is 0. The van der Waals surface area contributed by atoms with E-state index in [9.17, 15) is 4.79 Å². The Morgan fingerprint density at radius 2 is 2.00 bits per heavy atom. The van der Waals surface area contributed by atoms with Gasteiger partial charge < -0.3 is 16.0 Å². The molecule has 1 aliphatic rings. The predicted molar refractivity (Wildman–Crippen MR) is 80.7 cm³/mol. The van der Waals surface area contributed by atoms with Crippen LogP contribution in [0, 0.1) is 0 Å². The standard InChI is InChI=1S/C12H25N3O.2ClH/c1-4-7-12(2,13)11(16)14-8-9-15(3)10-5-6-10;;/h10H,4-9,13H2,1-3H3,(H,14,16);2*1H. The van der Waals surface area contributed by atoms with Gasteiger partial charge in [-0.25, -0.2) is 0 Å². The van der Waals surface area contributed by atoms with E-state index >= 15 is 0 Å². The Morgan fingerprint density at radius 1 is 1.44 bits per heavy atom. The van der Waals surface area contributed by atoms with Crippen molar-refractivity contribution in [2.24, 2.45) is 5.73 Å². The van der Waals surface area contributed by atoms with Gasteiger partial charge in [-0.3, -0.25) is 4.79 Å². The highest BCUT2D eigenvalue weighted by Gasteiger charge is 2.28. The van der Waals surface area contributed by atoms with E-state index in [-0.39, 0.29) is 30.7 Å². The molecule has 0 saturated heterocycles. The number of carbonyl (C=O) groups is 1. The van der Waals surface area contributed by atoms with Gasteiger partial charge in [-0.15, -0.1) is 24.8 Å². The van der Waals surface area contributed by atoms with Crippen LogP contribution in [-0.4, -0.2) is 42.5 Å². The van der Waals surface area contributed by atoms with Crippen LogP contribution in [0.3, 0.4) is 0 Å². The lowest BCUT2D eigenvalue weighted by atomic mass is 9.97. The Kier molecular flexibility index (Phi) is 10.1. The van der Waals surface area contributed by atoms with Crippen LogP contribution < -0.4 is 11.1 Å². The minimum Gasteiger partial charge on any atom is -0.353 e. The fourth-order valence-electron chi connectivity index (χ4n) is 1.88. The molecule has 110 valence electrons. The molecule has 1 atom stereocenters. The molecule has 4 nitrogen and oxygen atoms in total.